The summed E-state index contributed by atoms with van der Waals surface area (Å²) in [5.41, 5.74) is 10.5. The van der Waals surface area contributed by atoms with Gasteiger partial charge in [-0.25, -0.2) is 4.98 Å². The highest BCUT2D eigenvalue weighted by molar-refractivity contribution is 5.96. The molecule has 6 nitrogen and oxygen atoms in total. The van der Waals surface area contributed by atoms with Gasteiger partial charge in [-0.1, -0.05) is 83.1 Å². The monoisotopic (exact) mass is 641 g/mol. The normalized spacial score (nSPS) is 29.3. The Hall–Kier alpha value is -3.48. The number of anilines is 1. The van der Waals surface area contributed by atoms with Gasteiger partial charge < -0.3 is 20.9 Å². The molecule has 2 unspecified atom stereocenters. The van der Waals surface area contributed by atoms with Crippen molar-refractivity contribution in [1.29, 1.82) is 0 Å². The van der Waals surface area contributed by atoms with Gasteiger partial charge in [0.1, 0.15) is 5.82 Å². The van der Waals surface area contributed by atoms with Gasteiger partial charge in [-0.3, -0.25) is 4.79 Å². The van der Waals surface area contributed by atoms with Crippen LogP contribution in [0.4, 0.5) is 5.69 Å². The highest BCUT2D eigenvalue weighted by atomic mass is 16.2. The topological polar surface area (TPSA) is 81.8 Å². The number of rotatable bonds is 4. The summed E-state index contributed by atoms with van der Waals surface area (Å²) in [7, 11) is 0. The van der Waals surface area contributed by atoms with Crippen molar-refractivity contribution in [3.63, 3.8) is 0 Å². The third kappa shape index (κ3) is 5.49. The highest BCUT2D eigenvalue weighted by Gasteiger charge is 2.38. The zero-order valence-electron chi connectivity index (χ0n) is 28.7. The van der Waals surface area contributed by atoms with E-state index in [1.807, 2.05) is 0 Å². The van der Waals surface area contributed by atoms with Crippen LogP contribution in [0.25, 0.3) is 33.3 Å². The number of nitrogens with one attached hydrogen (secondary N) is 4. The van der Waals surface area contributed by atoms with Crippen LogP contribution in [0.2, 0.25) is 0 Å². The predicted molar refractivity (Wildman–Crippen MR) is 195 cm³/mol. The number of fused-ring (bicyclic) bond motifs is 7. The number of amides is 1. The molecule has 0 radical (unpaired) electrons. The lowest BCUT2D eigenvalue weighted by molar-refractivity contribution is -0.118. The second-order valence-corrected chi connectivity index (χ2v) is 16.3. The zero-order chi connectivity index (χ0) is 32.4. The summed E-state index contributed by atoms with van der Waals surface area (Å²) >= 11 is 0. The summed E-state index contributed by atoms with van der Waals surface area (Å²) in [5.74, 6) is 2.84. The maximum Gasteiger partial charge on any atom is 0.241 e. The van der Waals surface area contributed by atoms with E-state index in [9.17, 15) is 4.79 Å². The van der Waals surface area contributed by atoms with Gasteiger partial charge in [0.2, 0.25) is 5.91 Å². The Balaban J connectivity index is 0.935. The molecule has 1 amide bonds. The minimum Gasteiger partial charge on any atom is -0.341 e. The molecule has 3 aliphatic carbocycles. The van der Waals surface area contributed by atoms with Crippen molar-refractivity contribution in [3.05, 3.63) is 71.5 Å². The Bertz CT molecular complexity index is 1840. The molecule has 4 aromatic rings. The number of nitrogens with zero attached hydrogens (tertiary/aromatic N) is 1. The molecule has 48 heavy (non-hydrogen) atoms. The quantitative estimate of drug-likeness (QED) is 0.179. The molecule has 0 spiro atoms. The third-order valence-electron chi connectivity index (χ3n) is 12.9. The van der Waals surface area contributed by atoms with E-state index in [1.165, 1.54) is 104 Å². The molecule has 4 fully saturated rings. The average molecular weight is 642 g/mol. The molecule has 5 aliphatic rings. The zero-order valence-corrected chi connectivity index (χ0v) is 28.7. The Morgan fingerprint density at radius 2 is 1.52 bits per heavy atom. The molecular weight excluding hydrogens is 590 g/mol. The van der Waals surface area contributed by atoms with Crippen LogP contribution >= 0.6 is 0 Å². The number of imidazole rings is 1. The lowest BCUT2D eigenvalue weighted by Gasteiger charge is -2.30. The SMILES string of the molecule is CC1(C)c2cc(NC(=O)[C@@H]3CCC[C@H]4CCCC[C@H](C4)N3)ccc2-c2ccc(-c3ccc4nc([C@@H]5CC6CCCCC6N5)[nH]c4c3)cc21. The first kappa shape index (κ1) is 30.6. The van der Waals surface area contributed by atoms with E-state index >= 15 is 0 Å². The maximum absolute atomic E-state index is 13.6. The van der Waals surface area contributed by atoms with E-state index in [2.05, 4.69) is 89.4 Å². The summed E-state index contributed by atoms with van der Waals surface area (Å²) in [5, 5.41) is 11.0. The molecule has 6 atom stereocenters. The number of H-pyrrole nitrogens is 1. The molecule has 2 saturated heterocycles. The lowest BCUT2D eigenvalue weighted by Crippen LogP contribution is -2.47. The van der Waals surface area contributed by atoms with Gasteiger partial charge in [0.15, 0.2) is 0 Å². The van der Waals surface area contributed by atoms with Crippen LogP contribution < -0.4 is 16.0 Å². The van der Waals surface area contributed by atoms with Crippen LogP contribution in [0.15, 0.2) is 54.6 Å². The maximum atomic E-state index is 13.6. The van der Waals surface area contributed by atoms with Crippen LogP contribution in [0, 0.1) is 11.8 Å². The molecule has 2 bridgehead atoms. The average Bonchev–Trinajstić information content (AvgIpc) is 3.70. The fourth-order valence-electron chi connectivity index (χ4n) is 10.2. The van der Waals surface area contributed by atoms with Crippen molar-refractivity contribution in [1.82, 2.24) is 20.6 Å². The summed E-state index contributed by atoms with van der Waals surface area (Å²) in [6, 6.07) is 21.5. The van der Waals surface area contributed by atoms with Crippen molar-refractivity contribution >= 4 is 22.6 Å². The summed E-state index contributed by atoms with van der Waals surface area (Å²) in [6.45, 7) is 4.64. The second kappa shape index (κ2) is 12.1. The lowest BCUT2D eigenvalue weighted by atomic mass is 9.81. The molecule has 4 N–H and O–H groups in total. The van der Waals surface area contributed by atoms with Crippen LogP contribution in [0.5, 0.6) is 0 Å². The first-order chi connectivity index (χ1) is 23.4. The number of aromatic nitrogens is 2. The Kier molecular flexibility index (Phi) is 7.73. The predicted octanol–water partition coefficient (Wildman–Crippen LogP) is 9.16. The van der Waals surface area contributed by atoms with Crippen LogP contribution in [0.1, 0.15) is 120 Å². The summed E-state index contributed by atoms with van der Waals surface area (Å²) in [4.78, 5) is 22.3. The first-order valence-corrected chi connectivity index (χ1v) is 19.0. The minimum absolute atomic E-state index is 0.114. The molecule has 2 saturated carbocycles. The van der Waals surface area contributed by atoms with E-state index in [4.69, 9.17) is 4.98 Å². The van der Waals surface area contributed by atoms with Gasteiger partial charge in [0.05, 0.1) is 23.1 Å². The number of carbonyl (C=O) groups is 1. The smallest absolute Gasteiger partial charge is 0.241 e. The van der Waals surface area contributed by atoms with Crippen LogP contribution in [-0.4, -0.2) is 34.0 Å². The number of aromatic amines is 1. The second-order valence-electron chi connectivity index (χ2n) is 16.3. The molecule has 2 aliphatic heterocycles. The molecule has 9 rings (SSSR count). The number of hydrogen-bond donors (Lipinski definition) is 4. The third-order valence-corrected chi connectivity index (χ3v) is 12.9. The Morgan fingerprint density at radius 1 is 0.771 bits per heavy atom. The van der Waals surface area contributed by atoms with Gasteiger partial charge in [0.25, 0.3) is 0 Å². The van der Waals surface area contributed by atoms with E-state index in [0.717, 1.165) is 47.2 Å². The van der Waals surface area contributed by atoms with E-state index < -0.39 is 0 Å². The van der Waals surface area contributed by atoms with E-state index in [0.29, 0.717) is 18.1 Å². The fourth-order valence-corrected chi connectivity index (χ4v) is 10.2. The molecule has 6 heteroatoms. The Morgan fingerprint density at radius 3 is 2.42 bits per heavy atom. The van der Waals surface area contributed by atoms with Gasteiger partial charge in [-0.2, -0.15) is 0 Å². The number of carbonyl (C=O) groups excluding carboxylic acids is 1. The molecular formula is C42H51N5O. The number of benzene rings is 3. The largest absolute Gasteiger partial charge is 0.341 e. The van der Waals surface area contributed by atoms with Crippen molar-refractivity contribution < 1.29 is 4.79 Å². The van der Waals surface area contributed by atoms with Gasteiger partial charge >= 0.3 is 0 Å². The van der Waals surface area contributed by atoms with Gasteiger partial charge in [-0.05, 0) is 114 Å². The fraction of sp³-hybridized carbons (Fsp3) is 0.524. The highest BCUT2D eigenvalue weighted by Crippen LogP contribution is 2.50. The van der Waals surface area contributed by atoms with E-state index in [-0.39, 0.29) is 17.4 Å². The van der Waals surface area contributed by atoms with Crippen LogP contribution in [-0.2, 0) is 10.2 Å². The van der Waals surface area contributed by atoms with Crippen molar-refractivity contribution in [3.8, 4) is 22.3 Å². The van der Waals surface area contributed by atoms with Crippen LogP contribution in [0.3, 0.4) is 0 Å². The molecule has 3 aromatic carbocycles. The van der Waals surface area contributed by atoms with Crippen molar-refractivity contribution in [2.45, 2.75) is 127 Å². The molecule has 1 aromatic heterocycles. The molecule has 3 heterocycles. The van der Waals surface area contributed by atoms with Crippen molar-refractivity contribution in [2.75, 3.05) is 5.32 Å². The van der Waals surface area contributed by atoms with Crippen molar-refractivity contribution in [2.24, 2.45) is 11.8 Å². The summed E-state index contributed by atoms with van der Waals surface area (Å²) < 4.78 is 0. The van der Waals surface area contributed by atoms with Gasteiger partial charge in [0, 0.05) is 23.2 Å². The Labute approximate surface area is 285 Å². The summed E-state index contributed by atoms with van der Waals surface area (Å²) in [6.07, 6.45) is 16.3. The van der Waals surface area contributed by atoms with Gasteiger partial charge in [-0.15, -0.1) is 0 Å². The molecule has 250 valence electrons. The first-order valence-electron chi connectivity index (χ1n) is 19.0. The standard InChI is InChI=1S/C42H51N5O/c1-42(2)33-21-26(27-15-19-36-38(22-27)47-40(46-36)39-23-28-10-4-6-12-35(28)45-39)14-17-31(33)32-18-16-30(24-34(32)42)44-41(48)37-13-7-9-25-8-3-5-11-29(20-25)43-37/h14-19,21-22,24-25,28-29,35,37,39,43,45H,3-13,20,23H2,1-2H3,(H,44,48)(H,46,47)/t25-,28?,29-,35?,37+,39+/m1/s1. The number of hydrogen-bond acceptors (Lipinski definition) is 4. The van der Waals surface area contributed by atoms with E-state index in [1.54, 1.807) is 0 Å². The minimum atomic E-state index is -0.175.